The Labute approximate surface area is 188 Å². The van der Waals surface area contributed by atoms with Crippen molar-refractivity contribution in [2.24, 2.45) is 0 Å². The van der Waals surface area contributed by atoms with E-state index < -0.39 is 10.0 Å². The van der Waals surface area contributed by atoms with Gasteiger partial charge in [0.15, 0.2) is 0 Å². The number of piperidine rings is 1. The molecule has 31 heavy (non-hydrogen) atoms. The highest BCUT2D eigenvalue weighted by molar-refractivity contribution is 7.92. The number of hydrogen-bond acceptors (Lipinski definition) is 5. The van der Waals surface area contributed by atoms with Crippen LogP contribution in [0.2, 0.25) is 5.02 Å². The lowest BCUT2D eigenvalue weighted by molar-refractivity contribution is 0.0946. The number of benzene rings is 2. The van der Waals surface area contributed by atoms with Crippen LogP contribution in [0.15, 0.2) is 47.4 Å². The van der Waals surface area contributed by atoms with E-state index in [0.717, 1.165) is 19.6 Å². The average Bonchev–Trinajstić information content (AvgIpc) is 2.76. The lowest BCUT2D eigenvalue weighted by atomic mass is 10.1. The number of halogens is 1. The number of likely N-dealkylation sites (tertiary alicyclic amines) is 1. The van der Waals surface area contributed by atoms with Crippen molar-refractivity contribution in [2.45, 2.75) is 31.1 Å². The van der Waals surface area contributed by atoms with Gasteiger partial charge in [0.2, 0.25) is 0 Å². The van der Waals surface area contributed by atoms with Crippen LogP contribution >= 0.6 is 11.6 Å². The summed E-state index contributed by atoms with van der Waals surface area (Å²) in [5.41, 5.74) is 0.617. The summed E-state index contributed by atoms with van der Waals surface area (Å²) in [6.07, 6.45) is 3.64. The summed E-state index contributed by atoms with van der Waals surface area (Å²) in [5.74, 6) is 0.317. The van der Waals surface area contributed by atoms with Crippen molar-refractivity contribution in [2.75, 3.05) is 37.5 Å². The predicted octanol–water partition coefficient (Wildman–Crippen LogP) is 3.76. The maximum absolute atomic E-state index is 12.9. The van der Waals surface area contributed by atoms with Crippen LogP contribution in [0.1, 0.15) is 36.5 Å². The molecule has 9 heteroatoms. The largest absolute Gasteiger partial charge is 0.494 e. The van der Waals surface area contributed by atoms with E-state index in [2.05, 4.69) is 14.9 Å². The minimum atomic E-state index is -3.97. The van der Waals surface area contributed by atoms with E-state index in [1.54, 1.807) is 24.3 Å². The third-order valence-corrected chi connectivity index (χ3v) is 6.93. The van der Waals surface area contributed by atoms with Gasteiger partial charge in [-0.15, -0.1) is 0 Å². The van der Waals surface area contributed by atoms with Crippen molar-refractivity contribution in [3.8, 4) is 5.75 Å². The molecule has 1 aliphatic rings. The summed E-state index contributed by atoms with van der Waals surface area (Å²) in [5, 5.41) is 2.90. The predicted molar refractivity (Wildman–Crippen MR) is 122 cm³/mol. The molecule has 2 aromatic rings. The maximum Gasteiger partial charge on any atom is 0.263 e. The molecule has 7 nitrogen and oxygen atoms in total. The molecule has 1 aliphatic heterocycles. The van der Waals surface area contributed by atoms with Gasteiger partial charge in [0.1, 0.15) is 10.6 Å². The molecule has 1 fully saturated rings. The molecule has 0 spiro atoms. The topological polar surface area (TPSA) is 87.7 Å². The second kappa shape index (κ2) is 10.8. The number of carbonyl (C=O) groups is 1. The Morgan fingerprint density at radius 1 is 1.10 bits per heavy atom. The van der Waals surface area contributed by atoms with Crippen LogP contribution in [0.5, 0.6) is 5.75 Å². The van der Waals surface area contributed by atoms with E-state index >= 15 is 0 Å². The number of sulfonamides is 1. The Morgan fingerprint density at radius 3 is 2.48 bits per heavy atom. The third kappa shape index (κ3) is 6.59. The van der Waals surface area contributed by atoms with Gasteiger partial charge in [0.05, 0.1) is 11.6 Å². The number of carbonyl (C=O) groups excluding carboxylic acids is 1. The van der Waals surface area contributed by atoms with Gasteiger partial charge in [-0.3, -0.25) is 9.52 Å². The minimum absolute atomic E-state index is 0.0447. The van der Waals surface area contributed by atoms with Crippen LogP contribution in [0.25, 0.3) is 0 Å². The first-order valence-electron chi connectivity index (χ1n) is 10.4. The van der Waals surface area contributed by atoms with E-state index in [0.29, 0.717) is 24.6 Å². The second-order valence-corrected chi connectivity index (χ2v) is 9.42. The lowest BCUT2D eigenvalue weighted by Gasteiger charge is -2.26. The molecular weight excluding hydrogens is 438 g/mol. The minimum Gasteiger partial charge on any atom is -0.494 e. The van der Waals surface area contributed by atoms with Crippen LogP contribution < -0.4 is 14.8 Å². The number of anilines is 1. The molecule has 3 rings (SSSR count). The van der Waals surface area contributed by atoms with Gasteiger partial charge in [-0.2, -0.15) is 0 Å². The summed E-state index contributed by atoms with van der Waals surface area (Å²) >= 11 is 6.15. The van der Waals surface area contributed by atoms with E-state index in [4.69, 9.17) is 16.3 Å². The van der Waals surface area contributed by atoms with Crippen LogP contribution in [0, 0.1) is 0 Å². The first-order valence-corrected chi connectivity index (χ1v) is 12.3. The molecule has 1 saturated heterocycles. The van der Waals surface area contributed by atoms with Gasteiger partial charge < -0.3 is 15.0 Å². The molecule has 2 aromatic carbocycles. The monoisotopic (exact) mass is 465 g/mol. The summed E-state index contributed by atoms with van der Waals surface area (Å²) in [4.78, 5) is 14.7. The van der Waals surface area contributed by atoms with Gasteiger partial charge in [0, 0.05) is 24.3 Å². The van der Waals surface area contributed by atoms with Gasteiger partial charge >= 0.3 is 0 Å². The van der Waals surface area contributed by atoms with Gasteiger partial charge in [-0.1, -0.05) is 18.0 Å². The molecule has 0 unspecified atom stereocenters. The highest BCUT2D eigenvalue weighted by Crippen LogP contribution is 2.26. The van der Waals surface area contributed by atoms with E-state index in [1.165, 1.54) is 37.5 Å². The zero-order chi connectivity index (χ0) is 22.3. The van der Waals surface area contributed by atoms with Crippen LogP contribution in [0.4, 0.5) is 5.69 Å². The Morgan fingerprint density at radius 2 is 1.81 bits per heavy atom. The molecule has 0 bridgehead atoms. The lowest BCUT2D eigenvalue weighted by Crippen LogP contribution is -2.37. The number of ether oxygens (including phenoxy) is 1. The smallest absolute Gasteiger partial charge is 0.263 e. The maximum atomic E-state index is 12.9. The fourth-order valence-corrected chi connectivity index (χ4v) is 5.04. The molecule has 0 atom stereocenters. The summed E-state index contributed by atoms with van der Waals surface area (Å²) in [6, 6.07) is 10.8. The van der Waals surface area contributed by atoms with E-state index in [1.807, 2.05) is 6.92 Å². The average molecular weight is 466 g/mol. The zero-order valence-electron chi connectivity index (χ0n) is 17.6. The number of nitrogens with one attached hydrogen (secondary N) is 2. The molecule has 0 radical (unpaired) electrons. The quantitative estimate of drug-likeness (QED) is 0.588. The Balaban J connectivity index is 1.66. The first-order chi connectivity index (χ1) is 14.9. The SMILES string of the molecule is CCOc1ccc(NS(=O)(=O)c2cc(C(=O)NCCN3CCCCC3)ccc2Cl)cc1. The number of nitrogens with zero attached hydrogens (tertiary/aromatic N) is 1. The molecule has 168 valence electrons. The Hall–Kier alpha value is -2.29. The van der Waals surface area contributed by atoms with Gasteiger partial charge in [-0.05, 0) is 75.3 Å². The molecule has 2 N–H and O–H groups in total. The number of rotatable bonds is 9. The van der Waals surface area contributed by atoms with Crippen molar-refractivity contribution >= 4 is 33.2 Å². The van der Waals surface area contributed by atoms with Gasteiger partial charge in [0.25, 0.3) is 15.9 Å². The van der Waals surface area contributed by atoms with Crippen molar-refractivity contribution in [1.29, 1.82) is 0 Å². The summed E-state index contributed by atoms with van der Waals surface area (Å²) in [6.45, 7) is 5.79. The summed E-state index contributed by atoms with van der Waals surface area (Å²) < 4.78 is 33.6. The fourth-order valence-electron chi connectivity index (χ4n) is 3.46. The normalized spacial score (nSPS) is 14.8. The van der Waals surface area contributed by atoms with Crippen LogP contribution in [-0.4, -0.2) is 52.0 Å². The molecule has 1 heterocycles. The molecule has 0 aliphatic carbocycles. The molecule has 0 saturated carbocycles. The Kier molecular flexibility index (Phi) is 8.17. The third-order valence-electron chi connectivity index (χ3n) is 5.06. The second-order valence-electron chi connectivity index (χ2n) is 7.37. The summed E-state index contributed by atoms with van der Waals surface area (Å²) in [7, 11) is -3.97. The molecule has 1 amide bonds. The van der Waals surface area contributed by atoms with Crippen molar-refractivity contribution in [3.05, 3.63) is 53.1 Å². The molecular formula is C22H28ClN3O4S. The fraction of sp³-hybridized carbons (Fsp3) is 0.409. The molecule has 0 aromatic heterocycles. The number of amides is 1. The number of hydrogen-bond donors (Lipinski definition) is 2. The van der Waals surface area contributed by atoms with E-state index in [-0.39, 0.29) is 21.4 Å². The van der Waals surface area contributed by atoms with Crippen molar-refractivity contribution in [1.82, 2.24) is 10.2 Å². The highest BCUT2D eigenvalue weighted by Gasteiger charge is 2.21. The first kappa shape index (κ1) is 23.4. The van der Waals surface area contributed by atoms with Crippen LogP contribution in [-0.2, 0) is 10.0 Å². The zero-order valence-corrected chi connectivity index (χ0v) is 19.1. The van der Waals surface area contributed by atoms with Gasteiger partial charge in [-0.25, -0.2) is 8.42 Å². The standard InChI is InChI=1S/C22H28ClN3O4S/c1-2-30-19-9-7-18(8-10-19)25-31(28,29)21-16-17(6-11-20(21)23)22(27)24-12-15-26-13-4-3-5-14-26/h6-11,16,25H,2-5,12-15H2,1H3,(H,24,27). The van der Waals surface area contributed by atoms with Crippen LogP contribution in [0.3, 0.4) is 0 Å². The van der Waals surface area contributed by atoms with Crippen molar-refractivity contribution < 1.29 is 17.9 Å². The highest BCUT2D eigenvalue weighted by atomic mass is 35.5. The van der Waals surface area contributed by atoms with E-state index in [9.17, 15) is 13.2 Å². The Bertz CT molecular complexity index is 990. The van der Waals surface area contributed by atoms with Crippen molar-refractivity contribution in [3.63, 3.8) is 0 Å².